The monoisotopic (exact) mass is 278 g/mol. The highest BCUT2D eigenvalue weighted by Crippen LogP contribution is 2.38. The van der Waals surface area contributed by atoms with Gasteiger partial charge in [0.1, 0.15) is 0 Å². The summed E-state index contributed by atoms with van der Waals surface area (Å²) in [6, 6.07) is 9.23. The van der Waals surface area contributed by atoms with Crippen molar-refractivity contribution in [2.45, 2.75) is 39.5 Å². The van der Waals surface area contributed by atoms with E-state index in [1.165, 1.54) is 6.92 Å². The van der Waals surface area contributed by atoms with Gasteiger partial charge < -0.3 is 10.2 Å². The summed E-state index contributed by atoms with van der Waals surface area (Å²) >= 11 is 0. The fraction of sp³-hybridized carbons (Fsp3) is 0.500. The number of rotatable bonds is 8. The number of carboxylic acid groups (broad SMARTS) is 2. The van der Waals surface area contributed by atoms with Crippen LogP contribution in [0.3, 0.4) is 0 Å². The van der Waals surface area contributed by atoms with Crippen molar-refractivity contribution in [1.29, 1.82) is 0 Å². The standard InChI is InChI=1S/C16H22O4/c1-3-4-10-16(15(19)20,12(2)14(17)18)11-13-8-6-5-7-9-13/h5-9,12H,3-4,10-11H2,1-2H3,(H,17,18)(H,19,20). The molecule has 1 aromatic carbocycles. The van der Waals surface area contributed by atoms with E-state index in [1.807, 2.05) is 37.3 Å². The quantitative estimate of drug-likeness (QED) is 0.765. The number of aliphatic carboxylic acids is 2. The highest BCUT2D eigenvalue weighted by molar-refractivity contribution is 5.83. The van der Waals surface area contributed by atoms with Crippen molar-refractivity contribution in [3.63, 3.8) is 0 Å². The molecule has 0 saturated carbocycles. The summed E-state index contributed by atoms with van der Waals surface area (Å²) < 4.78 is 0. The molecule has 110 valence electrons. The average Bonchev–Trinajstić information content (AvgIpc) is 2.43. The molecule has 0 spiro atoms. The largest absolute Gasteiger partial charge is 0.481 e. The van der Waals surface area contributed by atoms with Crippen molar-refractivity contribution in [3.05, 3.63) is 35.9 Å². The SMILES string of the molecule is CCCCC(Cc1ccccc1)(C(=O)O)C(C)C(=O)O. The van der Waals surface area contributed by atoms with E-state index >= 15 is 0 Å². The third-order valence-corrected chi connectivity index (χ3v) is 3.96. The zero-order valence-corrected chi connectivity index (χ0v) is 12.0. The summed E-state index contributed by atoms with van der Waals surface area (Å²) in [7, 11) is 0. The van der Waals surface area contributed by atoms with Crippen LogP contribution >= 0.6 is 0 Å². The predicted octanol–water partition coefficient (Wildman–Crippen LogP) is 3.21. The van der Waals surface area contributed by atoms with Gasteiger partial charge in [0.2, 0.25) is 0 Å². The Morgan fingerprint density at radius 2 is 1.80 bits per heavy atom. The number of carbonyl (C=O) groups is 2. The molecule has 4 heteroatoms. The van der Waals surface area contributed by atoms with Crippen LogP contribution in [0, 0.1) is 11.3 Å². The van der Waals surface area contributed by atoms with Crippen LogP contribution in [-0.2, 0) is 16.0 Å². The van der Waals surface area contributed by atoms with Crippen LogP contribution in [0.1, 0.15) is 38.7 Å². The van der Waals surface area contributed by atoms with Gasteiger partial charge in [-0.05, 0) is 18.4 Å². The second-order valence-corrected chi connectivity index (χ2v) is 5.29. The first-order valence-electron chi connectivity index (χ1n) is 6.94. The first-order valence-corrected chi connectivity index (χ1v) is 6.94. The first-order chi connectivity index (χ1) is 9.44. The maximum absolute atomic E-state index is 11.8. The van der Waals surface area contributed by atoms with E-state index in [1.54, 1.807) is 0 Å². The Labute approximate surface area is 119 Å². The van der Waals surface area contributed by atoms with Gasteiger partial charge in [0.05, 0.1) is 11.3 Å². The van der Waals surface area contributed by atoms with E-state index in [2.05, 4.69) is 0 Å². The van der Waals surface area contributed by atoms with E-state index in [-0.39, 0.29) is 6.42 Å². The van der Waals surface area contributed by atoms with Crippen LogP contribution in [0.4, 0.5) is 0 Å². The van der Waals surface area contributed by atoms with Gasteiger partial charge in [-0.1, -0.05) is 57.0 Å². The minimum Gasteiger partial charge on any atom is -0.481 e. The second kappa shape index (κ2) is 7.08. The van der Waals surface area contributed by atoms with Crippen molar-refractivity contribution in [2.24, 2.45) is 11.3 Å². The Balaban J connectivity index is 3.15. The van der Waals surface area contributed by atoms with E-state index in [0.717, 1.165) is 12.0 Å². The summed E-state index contributed by atoms with van der Waals surface area (Å²) in [6.45, 7) is 3.47. The highest BCUT2D eigenvalue weighted by atomic mass is 16.4. The third-order valence-electron chi connectivity index (χ3n) is 3.96. The van der Waals surface area contributed by atoms with Crippen molar-refractivity contribution in [3.8, 4) is 0 Å². The third kappa shape index (κ3) is 3.59. The maximum Gasteiger partial charge on any atom is 0.310 e. The van der Waals surface area contributed by atoms with Crippen LogP contribution < -0.4 is 0 Å². The van der Waals surface area contributed by atoms with Crippen molar-refractivity contribution in [2.75, 3.05) is 0 Å². The molecule has 0 fully saturated rings. The van der Waals surface area contributed by atoms with E-state index in [4.69, 9.17) is 0 Å². The Morgan fingerprint density at radius 3 is 2.25 bits per heavy atom. The molecule has 0 bridgehead atoms. The van der Waals surface area contributed by atoms with Crippen LogP contribution in [0.15, 0.2) is 30.3 Å². The lowest BCUT2D eigenvalue weighted by atomic mass is 9.68. The number of hydrogen-bond donors (Lipinski definition) is 2. The average molecular weight is 278 g/mol. The number of unbranched alkanes of at least 4 members (excludes halogenated alkanes) is 1. The van der Waals surface area contributed by atoms with Crippen LogP contribution in [0.5, 0.6) is 0 Å². The lowest BCUT2D eigenvalue weighted by Gasteiger charge is -2.33. The van der Waals surface area contributed by atoms with Gasteiger partial charge in [0, 0.05) is 0 Å². The normalized spacial score (nSPS) is 15.3. The number of carboxylic acids is 2. The lowest BCUT2D eigenvalue weighted by molar-refractivity contribution is -0.162. The summed E-state index contributed by atoms with van der Waals surface area (Å²) in [5.41, 5.74) is -0.387. The molecule has 20 heavy (non-hydrogen) atoms. The number of benzene rings is 1. The minimum absolute atomic E-state index is 0.247. The fourth-order valence-corrected chi connectivity index (χ4v) is 2.51. The van der Waals surface area contributed by atoms with Gasteiger partial charge in [-0.15, -0.1) is 0 Å². The molecule has 0 aromatic heterocycles. The summed E-state index contributed by atoms with van der Waals surface area (Å²) in [6.07, 6.45) is 2.17. The minimum atomic E-state index is -1.25. The molecule has 1 rings (SSSR count). The lowest BCUT2D eigenvalue weighted by Crippen LogP contribution is -2.43. The van der Waals surface area contributed by atoms with E-state index < -0.39 is 23.3 Å². The molecule has 0 aliphatic heterocycles. The molecule has 0 amide bonds. The first kappa shape index (κ1) is 16.2. The number of hydrogen-bond acceptors (Lipinski definition) is 2. The van der Waals surface area contributed by atoms with Crippen LogP contribution in [0.2, 0.25) is 0 Å². The van der Waals surface area contributed by atoms with Gasteiger partial charge >= 0.3 is 11.9 Å². The van der Waals surface area contributed by atoms with Gasteiger partial charge in [-0.2, -0.15) is 0 Å². The molecule has 0 aliphatic carbocycles. The van der Waals surface area contributed by atoms with Gasteiger partial charge in [-0.25, -0.2) is 0 Å². The van der Waals surface area contributed by atoms with E-state index in [0.29, 0.717) is 12.8 Å². The molecule has 4 nitrogen and oxygen atoms in total. The molecular formula is C16H22O4. The maximum atomic E-state index is 11.8. The van der Waals surface area contributed by atoms with Gasteiger partial charge in [0.25, 0.3) is 0 Å². The zero-order chi connectivity index (χ0) is 15.2. The van der Waals surface area contributed by atoms with Gasteiger partial charge in [0.15, 0.2) is 0 Å². The smallest absolute Gasteiger partial charge is 0.310 e. The molecule has 2 N–H and O–H groups in total. The highest BCUT2D eigenvalue weighted by Gasteiger charge is 2.46. The molecule has 0 heterocycles. The van der Waals surface area contributed by atoms with Crippen molar-refractivity contribution < 1.29 is 19.8 Å². The van der Waals surface area contributed by atoms with Gasteiger partial charge in [-0.3, -0.25) is 9.59 Å². The fourth-order valence-electron chi connectivity index (χ4n) is 2.51. The Hall–Kier alpha value is -1.84. The molecule has 0 saturated heterocycles. The molecule has 2 unspecified atom stereocenters. The molecule has 1 aromatic rings. The second-order valence-electron chi connectivity index (χ2n) is 5.29. The summed E-state index contributed by atoms with van der Waals surface area (Å²) in [4.78, 5) is 23.2. The van der Waals surface area contributed by atoms with E-state index in [9.17, 15) is 19.8 Å². The summed E-state index contributed by atoms with van der Waals surface area (Å²) in [5, 5.41) is 18.9. The topological polar surface area (TPSA) is 74.6 Å². The van der Waals surface area contributed by atoms with Crippen molar-refractivity contribution >= 4 is 11.9 Å². The molecule has 0 radical (unpaired) electrons. The Kier molecular flexibility index (Phi) is 5.74. The van der Waals surface area contributed by atoms with Crippen LogP contribution in [0.25, 0.3) is 0 Å². The molecule has 2 atom stereocenters. The molecule has 0 aliphatic rings. The van der Waals surface area contributed by atoms with Crippen molar-refractivity contribution in [1.82, 2.24) is 0 Å². The zero-order valence-electron chi connectivity index (χ0n) is 12.0. The summed E-state index contributed by atoms with van der Waals surface area (Å²) in [5.74, 6) is -3.00. The Morgan fingerprint density at radius 1 is 1.20 bits per heavy atom. The van der Waals surface area contributed by atoms with Crippen LogP contribution in [-0.4, -0.2) is 22.2 Å². The Bertz CT molecular complexity index is 455. The predicted molar refractivity (Wildman–Crippen MR) is 76.5 cm³/mol. The molecular weight excluding hydrogens is 256 g/mol.